The SMILES string of the molecule is O=S(=O)(NCCn1cc(-c2ccoc2)cn1)C1CC1. The van der Waals surface area contributed by atoms with E-state index in [0.29, 0.717) is 13.1 Å². The van der Waals surface area contributed by atoms with E-state index < -0.39 is 10.0 Å². The summed E-state index contributed by atoms with van der Waals surface area (Å²) in [7, 11) is -3.10. The molecule has 0 atom stereocenters. The number of hydrogen-bond donors (Lipinski definition) is 1. The van der Waals surface area contributed by atoms with Gasteiger partial charge < -0.3 is 4.42 Å². The zero-order valence-electron chi connectivity index (χ0n) is 10.3. The molecule has 1 saturated carbocycles. The molecule has 0 radical (unpaired) electrons. The van der Waals surface area contributed by atoms with Crippen molar-refractivity contribution >= 4 is 10.0 Å². The standard InChI is InChI=1S/C12H15N3O3S/c16-19(17,12-1-2-12)14-4-5-15-8-11(7-13-15)10-3-6-18-9-10/h3,6-9,12,14H,1-2,4-5H2. The van der Waals surface area contributed by atoms with Crippen molar-refractivity contribution in [1.82, 2.24) is 14.5 Å². The van der Waals surface area contributed by atoms with E-state index in [1.165, 1.54) is 0 Å². The Labute approximate surface area is 111 Å². The van der Waals surface area contributed by atoms with Crippen molar-refractivity contribution in [2.75, 3.05) is 6.54 Å². The van der Waals surface area contributed by atoms with Crippen LogP contribution < -0.4 is 4.72 Å². The summed E-state index contributed by atoms with van der Waals surface area (Å²) in [5.74, 6) is 0. The largest absolute Gasteiger partial charge is 0.472 e. The third kappa shape index (κ3) is 2.87. The molecule has 0 spiro atoms. The highest BCUT2D eigenvalue weighted by molar-refractivity contribution is 7.90. The highest BCUT2D eigenvalue weighted by Gasteiger charge is 2.35. The van der Waals surface area contributed by atoms with Crippen LogP contribution in [0.5, 0.6) is 0 Å². The average molecular weight is 281 g/mol. The first kappa shape index (κ1) is 12.4. The topological polar surface area (TPSA) is 77.1 Å². The first-order valence-electron chi connectivity index (χ1n) is 6.19. The molecule has 6 nitrogen and oxygen atoms in total. The molecule has 1 aliphatic carbocycles. The van der Waals surface area contributed by atoms with Crippen LogP contribution in [0.2, 0.25) is 0 Å². The minimum atomic E-state index is -3.10. The summed E-state index contributed by atoms with van der Waals surface area (Å²) >= 11 is 0. The fourth-order valence-corrected chi connectivity index (χ4v) is 3.23. The van der Waals surface area contributed by atoms with Gasteiger partial charge in [0.1, 0.15) is 0 Å². The molecule has 19 heavy (non-hydrogen) atoms. The maximum Gasteiger partial charge on any atom is 0.214 e. The lowest BCUT2D eigenvalue weighted by molar-refractivity contribution is 0.560. The van der Waals surface area contributed by atoms with Crippen molar-refractivity contribution in [2.45, 2.75) is 24.6 Å². The first-order valence-corrected chi connectivity index (χ1v) is 7.73. The summed E-state index contributed by atoms with van der Waals surface area (Å²) in [5.41, 5.74) is 1.92. The van der Waals surface area contributed by atoms with Crippen LogP contribution in [0.1, 0.15) is 12.8 Å². The van der Waals surface area contributed by atoms with Crippen LogP contribution in [-0.2, 0) is 16.6 Å². The van der Waals surface area contributed by atoms with Crippen LogP contribution in [0.25, 0.3) is 11.1 Å². The van der Waals surface area contributed by atoms with E-state index in [2.05, 4.69) is 9.82 Å². The number of furan rings is 1. The van der Waals surface area contributed by atoms with Crippen LogP contribution in [0.15, 0.2) is 35.4 Å². The molecule has 0 bridgehead atoms. The van der Waals surface area contributed by atoms with Gasteiger partial charge in [-0.3, -0.25) is 4.68 Å². The fraction of sp³-hybridized carbons (Fsp3) is 0.417. The molecule has 0 unspecified atom stereocenters. The van der Waals surface area contributed by atoms with Crippen LogP contribution in [0.3, 0.4) is 0 Å². The highest BCUT2D eigenvalue weighted by atomic mass is 32.2. The predicted octanol–water partition coefficient (Wildman–Crippen LogP) is 1.22. The summed E-state index contributed by atoms with van der Waals surface area (Å²) in [4.78, 5) is 0. The lowest BCUT2D eigenvalue weighted by atomic mass is 10.2. The average Bonchev–Trinajstić information content (AvgIpc) is 2.92. The van der Waals surface area contributed by atoms with E-state index in [1.54, 1.807) is 23.4 Å². The Balaban J connectivity index is 1.56. The van der Waals surface area contributed by atoms with E-state index in [4.69, 9.17) is 4.42 Å². The lowest BCUT2D eigenvalue weighted by Gasteiger charge is -2.05. The molecule has 0 aromatic carbocycles. The van der Waals surface area contributed by atoms with Crippen molar-refractivity contribution in [1.29, 1.82) is 0 Å². The molecule has 7 heteroatoms. The Hall–Kier alpha value is -1.60. The maximum atomic E-state index is 11.6. The second-order valence-electron chi connectivity index (χ2n) is 4.64. The van der Waals surface area contributed by atoms with E-state index in [1.807, 2.05) is 12.3 Å². The molecule has 1 fully saturated rings. The van der Waals surface area contributed by atoms with Crippen molar-refractivity contribution in [3.05, 3.63) is 31.0 Å². The van der Waals surface area contributed by atoms with Crippen LogP contribution >= 0.6 is 0 Å². The second-order valence-corrected chi connectivity index (χ2v) is 6.69. The molecule has 1 N–H and O–H groups in total. The lowest BCUT2D eigenvalue weighted by Crippen LogP contribution is -2.30. The van der Waals surface area contributed by atoms with E-state index >= 15 is 0 Å². The quantitative estimate of drug-likeness (QED) is 0.863. The zero-order chi connectivity index (χ0) is 13.3. The summed E-state index contributed by atoms with van der Waals surface area (Å²) < 4.78 is 32.6. The smallest absolute Gasteiger partial charge is 0.214 e. The molecule has 2 aromatic rings. The number of nitrogens with zero attached hydrogens (tertiary/aromatic N) is 2. The Morgan fingerprint density at radius 1 is 1.42 bits per heavy atom. The molecular formula is C12H15N3O3S. The summed E-state index contributed by atoms with van der Waals surface area (Å²) in [5, 5.41) is 4.02. The van der Waals surface area contributed by atoms with E-state index in [9.17, 15) is 8.42 Å². The molecule has 2 heterocycles. The minimum Gasteiger partial charge on any atom is -0.472 e. The number of sulfonamides is 1. The van der Waals surface area contributed by atoms with Gasteiger partial charge in [-0.05, 0) is 18.9 Å². The Morgan fingerprint density at radius 2 is 2.26 bits per heavy atom. The predicted molar refractivity (Wildman–Crippen MR) is 69.9 cm³/mol. The Kier molecular flexibility index (Phi) is 3.16. The summed E-state index contributed by atoms with van der Waals surface area (Å²) in [6, 6.07) is 1.86. The third-order valence-corrected chi connectivity index (χ3v) is 5.05. The van der Waals surface area contributed by atoms with Gasteiger partial charge in [0, 0.05) is 23.9 Å². The van der Waals surface area contributed by atoms with Gasteiger partial charge in [0.05, 0.1) is 30.5 Å². The van der Waals surface area contributed by atoms with Crippen molar-refractivity contribution in [3.63, 3.8) is 0 Å². The second kappa shape index (κ2) is 4.82. The van der Waals surface area contributed by atoms with Crippen LogP contribution in [-0.4, -0.2) is 30.0 Å². The molecule has 3 rings (SSSR count). The molecule has 102 valence electrons. The van der Waals surface area contributed by atoms with Crippen molar-refractivity contribution in [2.24, 2.45) is 0 Å². The van der Waals surface area contributed by atoms with Gasteiger partial charge in [-0.25, -0.2) is 13.1 Å². The minimum absolute atomic E-state index is 0.174. The van der Waals surface area contributed by atoms with Crippen molar-refractivity contribution in [3.8, 4) is 11.1 Å². The number of rotatable bonds is 6. The first-order chi connectivity index (χ1) is 9.15. The van der Waals surface area contributed by atoms with Crippen LogP contribution in [0.4, 0.5) is 0 Å². The van der Waals surface area contributed by atoms with Gasteiger partial charge in [0.15, 0.2) is 0 Å². The van der Waals surface area contributed by atoms with E-state index in [0.717, 1.165) is 24.0 Å². The summed E-state index contributed by atoms with van der Waals surface area (Å²) in [6.07, 6.45) is 8.42. The molecule has 0 amide bonds. The monoisotopic (exact) mass is 281 g/mol. The molecule has 1 aliphatic rings. The molecule has 0 aliphatic heterocycles. The number of nitrogens with one attached hydrogen (secondary N) is 1. The molecule has 2 aromatic heterocycles. The van der Waals surface area contributed by atoms with Gasteiger partial charge in [0.25, 0.3) is 0 Å². The van der Waals surface area contributed by atoms with Gasteiger partial charge in [-0.2, -0.15) is 5.10 Å². The van der Waals surface area contributed by atoms with Gasteiger partial charge in [-0.15, -0.1) is 0 Å². The molecule has 0 saturated heterocycles. The maximum absolute atomic E-state index is 11.6. The summed E-state index contributed by atoms with van der Waals surface area (Å²) in [6.45, 7) is 0.884. The van der Waals surface area contributed by atoms with Gasteiger partial charge >= 0.3 is 0 Å². The number of aromatic nitrogens is 2. The van der Waals surface area contributed by atoms with Gasteiger partial charge in [-0.1, -0.05) is 0 Å². The van der Waals surface area contributed by atoms with Crippen molar-refractivity contribution < 1.29 is 12.8 Å². The molecular weight excluding hydrogens is 266 g/mol. The van der Waals surface area contributed by atoms with Gasteiger partial charge in [0.2, 0.25) is 10.0 Å². The van der Waals surface area contributed by atoms with Crippen LogP contribution in [0, 0.1) is 0 Å². The third-order valence-electron chi connectivity index (χ3n) is 3.10. The zero-order valence-corrected chi connectivity index (χ0v) is 11.1. The normalized spacial score (nSPS) is 15.8. The highest BCUT2D eigenvalue weighted by Crippen LogP contribution is 2.27. The Morgan fingerprint density at radius 3 is 2.95 bits per heavy atom. The van der Waals surface area contributed by atoms with E-state index in [-0.39, 0.29) is 5.25 Å². The Bertz CT molecular complexity index is 642. The fourth-order valence-electron chi connectivity index (χ4n) is 1.86. The number of hydrogen-bond acceptors (Lipinski definition) is 4.